The van der Waals surface area contributed by atoms with E-state index >= 15 is 0 Å². The summed E-state index contributed by atoms with van der Waals surface area (Å²) >= 11 is 1.94. The van der Waals surface area contributed by atoms with Crippen LogP contribution in [0.25, 0.3) is 0 Å². The topological polar surface area (TPSA) is 32.3 Å². The van der Waals surface area contributed by atoms with E-state index in [4.69, 9.17) is 0 Å². The molecule has 2 nitrogen and oxygen atoms in total. The second kappa shape index (κ2) is 6.09. The first-order valence-corrected chi connectivity index (χ1v) is 7.82. The highest BCUT2D eigenvalue weighted by molar-refractivity contribution is 7.99. The van der Waals surface area contributed by atoms with Crippen LogP contribution in [-0.2, 0) is 6.54 Å². The number of aryl methyl sites for hydroxylation is 2. The maximum Gasteiger partial charge on any atom is 0.0787 e. The fourth-order valence-electron chi connectivity index (χ4n) is 2.48. The molecule has 100 valence electrons. The van der Waals surface area contributed by atoms with Gasteiger partial charge in [-0.3, -0.25) is 0 Å². The number of hydrogen-bond donors (Lipinski definition) is 2. The predicted octanol–water partition coefficient (Wildman–Crippen LogP) is 2.65. The van der Waals surface area contributed by atoms with Crippen LogP contribution >= 0.6 is 11.8 Å². The van der Waals surface area contributed by atoms with Gasteiger partial charge in [0.05, 0.1) is 5.60 Å². The number of rotatable bonds is 4. The maximum absolute atomic E-state index is 10.4. The molecule has 18 heavy (non-hydrogen) atoms. The summed E-state index contributed by atoms with van der Waals surface area (Å²) in [6, 6.07) is 6.39. The maximum atomic E-state index is 10.4. The lowest BCUT2D eigenvalue weighted by Gasteiger charge is -2.32. The summed E-state index contributed by atoms with van der Waals surface area (Å²) in [6.45, 7) is 5.86. The van der Waals surface area contributed by atoms with Crippen molar-refractivity contribution in [3.05, 3.63) is 34.9 Å². The smallest absolute Gasteiger partial charge is 0.0787 e. The Morgan fingerprint density at radius 1 is 1.22 bits per heavy atom. The van der Waals surface area contributed by atoms with Crippen LogP contribution in [0.5, 0.6) is 0 Å². The van der Waals surface area contributed by atoms with E-state index < -0.39 is 5.60 Å². The van der Waals surface area contributed by atoms with E-state index in [1.165, 1.54) is 16.7 Å². The summed E-state index contributed by atoms with van der Waals surface area (Å²) in [6.07, 6.45) is 1.83. The fourth-order valence-corrected chi connectivity index (χ4v) is 3.73. The highest BCUT2D eigenvalue weighted by Crippen LogP contribution is 2.26. The molecule has 1 aliphatic heterocycles. The molecule has 0 radical (unpaired) electrons. The monoisotopic (exact) mass is 265 g/mol. The van der Waals surface area contributed by atoms with Gasteiger partial charge in [-0.25, -0.2) is 0 Å². The van der Waals surface area contributed by atoms with E-state index in [0.717, 1.165) is 30.9 Å². The molecule has 0 bridgehead atoms. The van der Waals surface area contributed by atoms with Gasteiger partial charge in [0.15, 0.2) is 0 Å². The molecule has 2 rings (SSSR count). The zero-order chi connectivity index (χ0) is 13.0. The van der Waals surface area contributed by atoms with Gasteiger partial charge < -0.3 is 10.4 Å². The quantitative estimate of drug-likeness (QED) is 0.878. The minimum Gasteiger partial charge on any atom is -0.389 e. The molecule has 0 aromatic heterocycles. The summed E-state index contributed by atoms with van der Waals surface area (Å²) in [5, 5.41) is 13.8. The average Bonchev–Trinajstić information content (AvgIpc) is 2.34. The minimum absolute atomic E-state index is 0.484. The van der Waals surface area contributed by atoms with Crippen LogP contribution < -0.4 is 5.32 Å². The van der Waals surface area contributed by atoms with E-state index in [2.05, 4.69) is 37.4 Å². The van der Waals surface area contributed by atoms with Crippen LogP contribution in [0.2, 0.25) is 0 Å². The highest BCUT2D eigenvalue weighted by Gasteiger charge is 2.28. The molecule has 0 atom stereocenters. The Bertz CT molecular complexity index is 379. The van der Waals surface area contributed by atoms with Gasteiger partial charge in [-0.15, -0.1) is 0 Å². The Kier molecular flexibility index (Phi) is 4.71. The zero-order valence-corrected chi connectivity index (χ0v) is 12.1. The van der Waals surface area contributed by atoms with Gasteiger partial charge in [-0.05, 0) is 54.9 Å². The van der Waals surface area contributed by atoms with Gasteiger partial charge in [0.25, 0.3) is 0 Å². The molecule has 0 saturated carbocycles. The Labute approximate surface area is 114 Å². The molecule has 1 aromatic rings. The van der Waals surface area contributed by atoms with Crippen molar-refractivity contribution < 1.29 is 5.11 Å². The van der Waals surface area contributed by atoms with Crippen molar-refractivity contribution in [3.63, 3.8) is 0 Å². The van der Waals surface area contributed by atoms with E-state index in [0.29, 0.717) is 6.54 Å². The predicted molar refractivity (Wildman–Crippen MR) is 79.1 cm³/mol. The van der Waals surface area contributed by atoms with Gasteiger partial charge in [0, 0.05) is 13.1 Å². The van der Waals surface area contributed by atoms with Gasteiger partial charge in [-0.2, -0.15) is 11.8 Å². The molecule has 0 amide bonds. The molecule has 3 heteroatoms. The molecule has 1 heterocycles. The second-order valence-corrected chi connectivity index (χ2v) is 6.54. The third kappa shape index (κ3) is 3.50. The number of aliphatic hydroxyl groups is 1. The first-order valence-electron chi connectivity index (χ1n) is 6.67. The van der Waals surface area contributed by atoms with Gasteiger partial charge in [0.2, 0.25) is 0 Å². The second-order valence-electron chi connectivity index (χ2n) is 5.31. The molecule has 0 spiro atoms. The van der Waals surface area contributed by atoms with Crippen molar-refractivity contribution in [1.29, 1.82) is 0 Å². The first kappa shape index (κ1) is 13.9. The van der Waals surface area contributed by atoms with Crippen molar-refractivity contribution >= 4 is 11.8 Å². The highest BCUT2D eigenvalue weighted by atomic mass is 32.2. The summed E-state index contributed by atoms with van der Waals surface area (Å²) in [5.74, 6) is 2.17. The Balaban J connectivity index is 1.88. The molecule has 0 aliphatic carbocycles. The molecule has 1 aliphatic rings. The van der Waals surface area contributed by atoms with E-state index in [1.54, 1.807) is 0 Å². The first-order chi connectivity index (χ1) is 8.61. The normalized spacial score (nSPS) is 18.8. The van der Waals surface area contributed by atoms with Crippen molar-refractivity contribution in [1.82, 2.24) is 5.32 Å². The number of thioether (sulfide) groups is 1. The van der Waals surface area contributed by atoms with Crippen molar-refractivity contribution in [3.8, 4) is 0 Å². The summed E-state index contributed by atoms with van der Waals surface area (Å²) in [5.41, 5.74) is 3.54. The molecule has 1 aromatic carbocycles. The van der Waals surface area contributed by atoms with Crippen molar-refractivity contribution in [2.75, 3.05) is 18.1 Å². The fraction of sp³-hybridized carbons (Fsp3) is 0.600. The number of benzene rings is 1. The van der Waals surface area contributed by atoms with Crippen LogP contribution in [0, 0.1) is 13.8 Å². The van der Waals surface area contributed by atoms with E-state index in [1.807, 2.05) is 11.8 Å². The Morgan fingerprint density at radius 3 is 2.44 bits per heavy atom. The van der Waals surface area contributed by atoms with Crippen LogP contribution in [0.1, 0.15) is 29.5 Å². The summed E-state index contributed by atoms with van der Waals surface area (Å²) in [4.78, 5) is 0. The minimum atomic E-state index is -0.484. The average molecular weight is 265 g/mol. The Morgan fingerprint density at radius 2 is 1.83 bits per heavy atom. The van der Waals surface area contributed by atoms with Crippen molar-refractivity contribution in [2.45, 2.75) is 38.8 Å². The SMILES string of the molecule is Cc1cccc(C)c1CNCC1(O)CCSCC1. The molecule has 2 N–H and O–H groups in total. The standard InChI is InChI=1S/C15H23NOS/c1-12-4-3-5-13(2)14(12)10-16-11-15(17)6-8-18-9-7-15/h3-5,16-17H,6-11H2,1-2H3. The van der Waals surface area contributed by atoms with E-state index in [9.17, 15) is 5.11 Å². The van der Waals surface area contributed by atoms with Crippen LogP contribution in [-0.4, -0.2) is 28.8 Å². The summed E-state index contributed by atoms with van der Waals surface area (Å²) in [7, 11) is 0. The van der Waals surface area contributed by atoms with Gasteiger partial charge >= 0.3 is 0 Å². The van der Waals surface area contributed by atoms with Gasteiger partial charge in [-0.1, -0.05) is 18.2 Å². The van der Waals surface area contributed by atoms with E-state index in [-0.39, 0.29) is 0 Å². The number of nitrogens with one attached hydrogen (secondary N) is 1. The van der Waals surface area contributed by atoms with Crippen molar-refractivity contribution in [2.24, 2.45) is 0 Å². The lowest BCUT2D eigenvalue weighted by Crippen LogP contribution is -2.43. The van der Waals surface area contributed by atoms with Crippen LogP contribution in [0.15, 0.2) is 18.2 Å². The summed E-state index contributed by atoms with van der Waals surface area (Å²) < 4.78 is 0. The lowest BCUT2D eigenvalue weighted by molar-refractivity contribution is 0.0320. The Hall–Kier alpha value is -0.510. The third-order valence-corrected chi connectivity index (χ3v) is 4.81. The lowest BCUT2D eigenvalue weighted by atomic mass is 9.96. The molecule has 1 fully saturated rings. The number of hydrogen-bond acceptors (Lipinski definition) is 3. The third-order valence-electron chi connectivity index (χ3n) is 3.82. The largest absolute Gasteiger partial charge is 0.389 e. The molecular formula is C15H23NOS. The van der Waals surface area contributed by atoms with Gasteiger partial charge in [0.1, 0.15) is 0 Å². The molecular weight excluding hydrogens is 242 g/mol. The molecule has 0 unspecified atom stereocenters. The van der Waals surface area contributed by atoms with Crippen LogP contribution in [0.3, 0.4) is 0 Å². The van der Waals surface area contributed by atoms with Crippen LogP contribution in [0.4, 0.5) is 0 Å². The molecule has 1 saturated heterocycles. The zero-order valence-electron chi connectivity index (χ0n) is 11.3.